The van der Waals surface area contributed by atoms with Gasteiger partial charge in [0, 0.05) is 22.6 Å². The minimum atomic E-state index is -0.563. The molecule has 0 N–H and O–H groups in total. The SMILES string of the molecule is CCCn1cc(C(=O)OCC)c(=O)c2ccc(Br)cc21. The first kappa shape index (κ1) is 14.8. The van der Waals surface area contributed by atoms with Gasteiger partial charge in [-0.2, -0.15) is 0 Å². The topological polar surface area (TPSA) is 48.3 Å². The number of aromatic nitrogens is 1. The lowest BCUT2D eigenvalue weighted by Crippen LogP contribution is -2.21. The van der Waals surface area contributed by atoms with Crippen molar-refractivity contribution in [3.8, 4) is 0 Å². The molecule has 2 aromatic rings. The van der Waals surface area contributed by atoms with Crippen LogP contribution in [0.1, 0.15) is 30.6 Å². The monoisotopic (exact) mass is 337 g/mol. The highest BCUT2D eigenvalue weighted by Gasteiger charge is 2.16. The van der Waals surface area contributed by atoms with E-state index < -0.39 is 5.97 Å². The molecule has 0 radical (unpaired) electrons. The Morgan fingerprint density at radius 1 is 1.35 bits per heavy atom. The third kappa shape index (κ3) is 2.77. The van der Waals surface area contributed by atoms with Gasteiger partial charge in [-0.15, -0.1) is 0 Å². The zero-order chi connectivity index (χ0) is 14.7. The van der Waals surface area contributed by atoms with Gasteiger partial charge in [-0.3, -0.25) is 4.79 Å². The standard InChI is InChI=1S/C15H16BrNO3/c1-3-7-17-9-12(15(19)20-4-2)14(18)11-6-5-10(16)8-13(11)17/h5-6,8-9H,3-4,7H2,1-2H3. The summed E-state index contributed by atoms with van der Waals surface area (Å²) in [6.45, 7) is 4.76. The molecule has 0 saturated heterocycles. The number of carbonyl (C=O) groups is 1. The Morgan fingerprint density at radius 2 is 2.10 bits per heavy atom. The van der Waals surface area contributed by atoms with Crippen LogP contribution in [0.15, 0.2) is 33.7 Å². The van der Waals surface area contributed by atoms with Crippen LogP contribution in [-0.2, 0) is 11.3 Å². The number of hydrogen-bond acceptors (Lipinski definition) is 3. The van der Waals surface area contributed by atoms with Gasteiger partial charge in [-0.25, -0.2) is 4.79 Å². The number of nitrogens with zero attached hydrogens (tertiary/aromatic N) is 1. The van der Waals surface area contributed by atoms with Crippen LogP contribution in [0, 0.1) is 0 Å². The van der Waals surface area contributed by atoms with Gasteiger partial charge >= 0.3 is 5.97 Å². The lowest BCUT2D eigenvalue weighted by molar-refractivity contribution is 0.0524. The fourth-order valence-corrected chi connectivity index (χ4v) is 2.49. The third-order valence-electron chi connectivity index (χ3n) is 3.00. The molecule has 1 aromatic carbocycles. The molecule has 5 heteroatoms. The van der Waals surface area contributed by atoms with Crippen molar-refractivity contribution in [2.45, 2.75) is 26.8 Å². The zero-order valence-corrected chi connectivity index (χ0v) is 13.1. The van der Waals surface area contributed by atoms with E-state index in [-0.39, 0.29) is 17.6 Å². The molecule has 0 unspecified atom stereocenters. The van der Waals surface area contributed by atoms with E-state index in [9.17, 15) is 9.59 Å². The van der Waals surface area contributed by atoms with Crippen molar-refractivity contribution in [2.24, 2.45) is 0 Å². The third-order valence-corrected chi connectivity index (χ3v) is 3.50. The van der Waals surface area contributed by atoms with Crippen molar-refractivity contribution < 1.29 is 9.53 Å². The van der Waals surface area contributed by atoms with Crippen LogP contribution < -0.4 is 5.43 Å². The van der Waals surface area contributed by atoms with Gasteiger partial charge < -0.3 is 9.30 Å². The highest BCUT2D eigenvalue weighted by Crippen LogP contribution is 2.19. The Morgan fingerprint density at radius 3 is 2.75 bits per heavy atom. The second-order valence-electron chi connectivity index (χ2n) is 4.45. The molecule has 4 nitrogen and oxygen atoms in total. The van der Waals surface area contributed by atoms with Crippen molar-refractivity contribution in [3.63, 3.8) is 0 Å². The number of halogens is 1. The number of fused-ring (bicyclic) bond motifs is 1. The van der Waals surface area contributed by atoms with Crippen LogP contribution in [0.2, 0.25) is 0 Å². The summed E-state index contributed by atoms with van der Waals surface area (Å²) < 4.78 is 7.78. The van der Waals surface area contributed by atoms with Crippen LogP contribution in [0.25, 0.3) is 10.9 Å². The predicted molar refractivity (Wildman–Crippen MR) is 82.2 cm³/mol. The molecular formula is C15H16BrNO3. The van der Waals surface area contributed by atoms with Gasteiger partial charge in [0.05, 0.1) is 12.1 Å². The van der Waals surface area contributed by atoms with Gasteiger partial charge in [0.1, 0.15) is 5.56 Å². The lowest BCUT2D eigenvalue weighted by atomic mass is 10.1. The Kier molecular flexibility index (Phi) is 4.60. The predicted octanol–water partition coefficient (Wildman–Crippen LogP) is 3.35. The van der Waals surface area contributed by atoms with Crippen molar-refractivity contribution >= 4 is 32.8 Å². The Bertz CT molecular complexity index is 706. The molecule has 106 valence electrons. The first-order valence-corrected chi connectivity index (χ1v) is 7.37. The molecule has 0 bridgehead atoms. The number of carbonyl (C=O) groups excluding carboxylic acids is 1. The molecular weight excluding hydrogens is 322 g/mol. The molecule has 2 rings (SSSR count). The summed E-state index contributed by atoms with van der Waals surface area (Å²) >= 11 is 3.41. The van der Waals surface area contributed by atoms with Gasteiger partial charge in [0.2, 0.25) is 5.43 Å². The van der Waals surface area contributed by atoms with Crippen molar-refractivity contribution in [1.29, 1.82) is 0 Å². The summed E-state index contributed by atoms with van der Waals surface area (Å²) in [6.07, 6.45) is 2.51. The minimum absolute atomic E-state index is 0.0927. The van der Waals surface area contributed by atoms with Crippen molar-refractivity contribution in [1.82, 2.24) is 4.57 Å². The van der Waals surface area contributed by atoms with Crippen LogP contribution in [-0.4, -0.2) is 17.1 Å². The summed E-state index contributed by atoms with van der Waals surface area (Å²) in [5.41, 5.74) is 0.632. The molecule has 0 fully saturated rings. The van der Waals surface area contributed by atoms with Crippen molar-refractivity contribution in [2.75, 3.05) is 6.61 Å². The molecule has 0 atom stereocenters. The van der Waals surface area contributed by atoms with E-state index in [1.165, 1.54) is 0 Å². The van der Waals surface area contributed by atoms with E-state index in [2.05, 4.69) is 15.9 Å². The maximum Gasteiger partial charge on any atom is 0.343 e. The van der Waals surface area contributed by atoms with Gasteiger partial charge in [0.25, 0.3) is 0 Å². The van der Waals surface area contributed by atoms with Crippen molar-refractivity contribution in [3.05, 3.63) is 44.7 Å². The second-order valence-corrected chi connectivity index (χ2v) is 5.36. The highest BCUT2D eigenvalue weighted by molar-refractivity contribution is 9.10. The highest BCUT2D eigenvalue weighted by atomic mass is 79.9. The number of ether oxygens (including phenoxy) is 1. The van der Waals surface area contributed by atoms with E-state index in [1.54, 1.807) is 25.3 Å². The minimum Gasteiger partial charge on any atom is -0.462 e. The van der Waals surface area contributed by atoms with Crippen LogP contribution in [0.3, 0.4) is 0 Å². The van der Waals surface area contributed by atoms with E-state index in [4.69, 9.17) is 4.74 Å². The molecule has 0 aliphatic carbocycles. The Balaban J connectivity index is 2.73. The molecule has 0 aliphatic heterocycles. The van der Waals surface area contributed by atoms with Crippen LogP contribution in [0.4, 0.5) is 0 Å². The fraction of sp³-hybridized carbons (Fsp3) is 0.333. The number of benzene rings is 1. The molecule has 20 heavy (non-hydrogen) atoms. The van der Waals surface area contributed by atoms with Crippen LogP contribution in [0.5, 0.6) is 0 Å². The average Bonchev–Trinajstić information content (AvgIpc) is 2.42. The summed E-state index contributed by atoms with van der Waals surface area (Å²) in [7, 11) is 0. The first-order valence-electron chi connectivity index (χ1n) is 6.58. The molecule has 1 aromatic heterocycles. The van der Waals surface area contributed by atoms with Gasteiger partial charge in [-0.1, -0.05) is 22.9 Å². The molecule has 0 aliphatic rings. The Labute approximate surface area is 125 Å². The molecule has 1 heterocycles. The van der Waals surface area contributed by atoms with E-state index >= 15 is 0 Å². The molecule has 0 amide bonds. The summed E-state index contributed by atoms with van der Waals surface area (Å²) in [6, 6.07) is 5.42. The quantitative estimate of drug-likeness (QED) is 0.804. The normalized spacial score (nSPS) is 10.8. The number of rotatable bonds is 4. The molecule has 0 spiro atoms. The zero-order valence-electron chi connectivity index (χ0n) is 11.5. The number of aryl methyl sites for hydroxylation is 1. The summed E-state index contributed by atoms with van der Waals surface area (Å²) in [5, 5.41) is 0.534. The number of esters is 1. The van der Waals surface area contributed by atoms with E-state index in [0.29, 0.717) is 5.39 Å². The first-order chi connectivity index (χ1) is 9.58. The van der Waals surface area contributed by atoms with Crippen LogP contribution >= 0.6 is 15.9 Å². The van der Waals surface area contributed by atoms with Gasteiger partial charge in [0.15, 0.2) is 0 Å². The maximum absolute atomic E-state index is 12.4. The fourth-order valence-electron chi connectivity index (χ4n) is 2.14. The smallest absolute Gasteiger partial charge is 0.343 e. The average molecular weight is 338 g/mol. The second kappa shape index (κ2) is 6.22. The summed E-state index contributed by atoms with van der Waals surface area (Å²) in [4.78, 5) is 24.3. The number of pyridine rings is 1. The lowest BCUT2D eigenvalue weighted by Gasteiger charge is -2.12. The van der Waals surface area contributed by atoms with Gasteiger partial charge in [-0.05, 0) is 31.5 Å². The van der Waals surface area contributed by atoms with E-state index in [1.807, 2.05) is 17.6 Å². The van der Waals surface area contributed by atoms with E-state index in [0.717, 1.165) is 23.0 Å². The summed E-state index contributed by atoms with van der Waals surface area (Å²) in [5.74, 6) is -0.563. The number of hydrogen-bond donors (Lipinski definition) is 0. The molecule has 0 saturated carbocycles. The maximum atomic E-state index is 12.4. The Hall–Kier alpha value is -1.62. The largest absolute Gasteiger partial charge is 0.462 e.